The molecule has 0 radical (unpaired) electrons. The Kier molecular flexibility index (Phi) is 7.39. The van der Waals surface area contributed by atoms with E-state index in [-0.39, 0.29) is 13.1 Å². The van der Waals surface area contributed by atoms with Gasteiger partial charge in [0.25, 0.3) is 5.91 Å². The van der Waals surface area contributed by atoms with Crippen LogP contribution in [0, 0.1) is 11.3 Å². The Labute approximate surface area is 224 Å². The third-order valence-electron chi connectivity index (χ3n) is 6.49. The Morgan fingerprint density at radius 2 is 1.92 bits per heavy atom. The van der Waals surface area contributed by atoms with E-state index >= 15 is 0 Å². The normalized spacial score (nSPS) is 18.2. The van der Waals surface area contributed by atoms with Crippen LogP contribution < -0.4 is 15.4 Å². The molecule has 10 nitrogen and oxygen atoms in total. The molecule has 0 aliphatic carbocycles. The molecule has 1 atom stereocenters. The van der Waals surface area contributed by atoms with Crippen molar-refractivity contribution in [3.8, 4) is 6.07 Å². The molecule has 1 unspecified atom stereocenters. The van der Waals surface area contributed by atoms with Crippen molar-refractivity contribution in [3.63, 3.8) is 0 Å². The van der Waals surface area contributed by atoms with E-state index in [1.165, 1.54) is 7.05 Å². The summed E-state index contributed by atoms with van der Waals surface area (Å²) in [5.41, 5.74) is 0.735. The Morgan fingerprint density at radius 3 is 2.62 bits per heavy atom. The molecule has 2 heterocycles. The summed E-state index contributed by atoms with van der Waals surface area (Å²) >= 11 is 12.5. The highest BCUT2D eigenvalue weighted by molar-refractivity contribution is 7.87. The molecule has 3 aromatic rings. The van der Waals surface area contributed by atoms with Crippen molar-refractivity contribution in [2.75, 3.05) is 20.1 Å². The van der Waals surface area contributed by atoms with Gasteiger partial charge in [-0.05, 0) is 48.7 Å². The summed E-state index contributed by atoms with van der Waals surface area (Å²) in [5, 5.41) is 16.0. The number of nitriles is 1. The number of rotatable bonds is 5. The molecule has 3 N–H and O–H groups in total. The molecule has 4 rings (SSSR count). The summed E-state index contributed by atoms with van der Waals surface area (Å²) in [7, 11) is -1.19. The monoisotopic (exact) mass is 562 g/mol. The number of benzene rings is 2. The van der Waals surface area contributed by atoms with Gasteiger partial charge in [-0.1, -0.05) is 35.3 Å². The number of hydrogen-bond acceptors (Lipinski definition) is 5. The molecule has 2 aromatic carbocycles. The molecular formula is C24H24Cl2N6O4S. The number of carbonyl (C=O) groups excluding carboxylic acids is 2. The molecule has 3 amide bonds. The number of halogens is 2. The van der Waals surface area contributed by atoms with E-state index < -0.39 is 27.7 Å². The lowest BCUT2D eigenvalue weighted by atomic mass is 9.82. The second-order valence-corrected chi connectivity index (χ2v) is 11.2. The summed E-state index contributed by atoms with van der Waals surface area (Å²) in [6, 6.07) is 12.9. The number of nitrogens with zero attached hydrogens (tertiary/aromatic N) is 3. The van der Waals surface area contributed by atoms with Gasteiger partial charge in [-0.3, -0.25) is 4.79 Å². The van der Waals surface area contributed by atoms with E-state index in [1.54, 1.807) is 54.1 Å². The number of fused-ring (bicyclic) bond motifs is 1. The van der Waals surface area contributed by atoms with Gasteiger partial charge in [0, 0.05) is 38.1 Å². The Bertz CT molecular complexity index is 1550. The molecule has 1 saturated heterocycles. The van der Waals surface area contributed by atoms with Gasteiger partial charge in [-0.2, -0.15) is 18.0 Å². The number of carbonyl (C=O) groups is 2. The second kappa shape index (κ2) is 10.2. The smallest absolute Gasteiger partial charge is 0.329 e. The minimum atomic E-state index is -4.21. The molecule has 1 aliphatic rings. The summed E-state index contributed by atoms with van der Waals surface area (Å²) in [6.07, 6.45) is 0.790. The quantitative estimate of drug-likeness (QED) is 0.438. The second-order valence-electron chi connectivity index (χ2n) is 8.73. The predicted molar refractivity (Wildman–Crippen MR) is 141 cm³/mol. The van der Waals surface area contributed by atoms with E-state index in [9.17, 15) is 23.3 Å². The maximum atomic E-state index is 13.7. The molecule has 0 spiro atoms. The first-order valence-electron chi connectivity index (χ1n) is 11.3. The Hall–Kier alpha value is -3.30. The van der Waals surface area contributed by atoms with Crippen LogP contribution in [0.5, 0.6) is 0 Å². The first-order valence-corrected chi connectivity index (χ1v) is 13.5. The average molecular weight is 563 g/mol. The van der Waals surface area contributed by atoms with Gasteiger partial charge < -0.3 is 15.2 Å². The number of urea groups is 1. The largest absolute Gasteiger partial charge is 0.340 e. The van der Waals surface area contributed by atoms with Crippen molar-refractivity contribution in [2.24, 2.45) is 7.05 Å². The fraction of sp³-hybridized carbons (Fsp3) is 0.292. The number of aromatic nitrogens is 1. The third-order valence-corrected chi connectivity index (χ3v) is 8.74. The van der Waals surface area contributed by atoms with Crippen LogP contribution in [0.3, 0.4) is 0 Å². The van der Waals surface area contributed by atoms with Crippen LogP contribution in [0.4, 0.5) is 4.79 Å². The fourth-order valence-electron chi connectivity index (χ4n) is 4.60. The summed E-state index contributed by atoms with van der Waals surface area (Å²) < 4.78 is 30.7. The predicted octanol–water partition coefficient (Wildman–Crippen LogP) is 3.25. The van der Waals surface area contributed by atoms with Crippen LogP contribution in [0.25, 0.3) is 10.9 Å². The van der Waals surface area contributed by atoms with E-state index in [0.29, 0.717) is 50.6 Å². The maximum Gasteiger partial charge on any atom is 0.329 e. The number of nitrogens with one attached hydrogen (secondary N) is 3. The van der Waals surface area contributed by atoms with E-state index in [1.807, 2.05) is 4.72 Å². The molecular weight excluding hydrogens is 539 g/mol. The van der Waals surface area contributed by atoms with Crippen LogP contribution in [0.1, 0.15) is 34.5 Å². The van der Waals surface area contributed by atoms with Gasteiger partial charge >= 0.3 is 16.2 Å². The van der Waals surface area contributed by atoms with Crippen molar-refractivity contribution >= 4 is 56.3 Å². The molecule has 194 valence electrons. The van der Waals surface area contributed by atoms with Crippen molar-refractivity contribution in [2.45, 2.75) is 18.4 Å². The van der Waals surface area contributed by atoms with Gasteiger partial charge in [-0.25, -0.2) is 9.52 Å². The van der Waals surface area contributed by atoms with E-state index in [0.717, 1.165) is 4.31 Å². The summed E-state index contributed by atoms with van der Waals surface area (Å²) in [5.74, 6) is -0.466. The standard InChI is InChI=1S/C24H24Cl2N6O4S/c1-28-23(34)30-37(35,36)32-10-4-9-24(14-32,16-6-3-5-15(11-16)13-27)29-22(33)20-12-17-19(31(20)2)8-7-18(25)21(17)26/h3,5-8,11-12H,4,9-10,14H2,1-2H3,(H,29,33)(H2,28,30,34). The van der Waals surface area contributed by atoms with E-state index in [2.05, 4.69) is 16.7 Å². The number of amides is 3. The highest BCUT2D eigenvalue weighted by Crippen LogP contribution is 2.35. The zero-order chi connectivity index (χ0) is 27.0. The van der Waals surface area contributed by atoms with Crippen molar-refractivity contribution in [3.05, 3.63) is 69.3 Å². The van der Waals surface area contributed by atoms with Crippen LogP contribution in [-0.2, 0) is 22.8 Å². The number of piperidine rings is 1. The average Bonchev–Trinajstić information content (AvgIpc) is 3.23. The molecule has 0 saturated carbocycles. The highest BCUT2D eigenvalue weighted by atomic mass is 35.5. The number of aryl methyl sites for hydroxylation is 1. The molecule has 1 aromatic heterocycles. The van der Waals surface area contributed by atoms with Crippen LogP contribution in [0.2, 0.25) is 10.0 Å². The molecule has 37 heavy (non-hydrogen) atoms. The maximum absolute atomic E-state index is 13.7. The molecule has 1 aliphatic heterocycles. The first-order chi connectivity index (χ1) is 17.5. The van der Waals surface area contributed by atoms with Gasteiger partial charge in [0.05, 0.1) is 27.2 Å². The third kappa shape index (κ3) is 5.10. The minimum Gasteiger partial charge on any atom is -0.340 e. The first kappa shape index (κ1) is 26.8. The lowest BCUT2D eigenvalue weighted by Gasteiger charge is -2.43. The topological polar surface area (TPSA) is 136 Å². The minimum absolute atomic E-state index is 0.143. The lowest BCUT2D eigenvalue weighted by Crippen LogP contribution is -2.60. The molecule has 1 fully saturated rings. The Balaban J connectivity index is 1.77. The summed E-state index contributed by atoms with van der Waals surface area (Å²) in [4.78, 5) is 25.5. The number of hydrogen-bond donors (Lipinski definition) is 3. The van der Waals surface area contributed by atoms with Crippen molar-refractivity contribution in [1.82, 2.24) is 24.2 Å². The zero-order valence-corrected chi connectivity index (χ0v) is 22.3. The molecule has 0 bridgehead atoms. The fourth-order valence-corrected chi connectivity index (χ4v) is 6.20. The van der Waals surface area contributed by atoms with Gasteiger partial charge in [0.1, 0.15) is 5.69 Å². The van der Waals surface area contributed by atoms with Crippen LogP contribution in [-0.4, -0.2) is 49.4 Å². The Morgan fingerprint density at radius 1 is 1.16 bits per heavy atom. The van der Waals surface area contributed by atoms with Gasteiger partial charge in [0.2, 0.25) is 0 Å². The van der Waals surface area contributed by atoms with Gasteiger partial charge in [0.15, 0.2) is 0 Å². The van der Waals surface area contributed by atoms with Crippen LogP contribution in [0.15, 0.2) is 42.5 Å². The van der Waals surface area contributed by atoms with Crippen molar-refractivity contribution in [1.29, 1.82) is 5.26 Å². The van der Waals surface area contributed by atoms with Crippen molar-refractivity contribution < 1.29 is 18.0 Å². The van der Waals surface area contributed by atoms with Gasteiger partial charge in [-0.15, -0.1) is 0 Å². The summed E-state index contributed by atoms with van der Waals surface area (Å²) in [6.45, 7) is -0.0134. The SMILES string of the molecule is CNC(=O)NS(=O)(=O)N1CCCC(NC(=O)c2cc3c(Cl)c(Cl)ccc3n2C)(c2cccc(C#N)c2)C1. The lowest BCUT2D eigenvalue weighted by molar-refractivity contribution is 0.0835. The molecule has 13 heteroatoms. The zero-order valence-electron chi connectivity index (χ0n) is 20.0. The highest BCUT2D eigenvalue weighted by Gasteiger charge is 2.43. The van der Waals surface area contributed by atoms with E-state index in [4.69, 9.17) is 23.2 Å². The van der Waals surface area contributed by atoms with Crippen LogP contribution >= 0.6 is 23.2 Å².